The molecule has 2 aliphatic carbocycles. The second-order valence-electron chi connectivity index (χ2n) is 7.52. The molecule has 124 valence electrons. The minimum Gasteiger partial charge on any atom is -0.376 e. The Labute approximate surface area is 138 Å². The first-order valence-electron chi connectivity index (χ1n) is 8.93. The third-order valence-electron chi connectivity index (χ3n) is 5.62. The van der Waals surface area contributed by atoms with E-state index in [1.165, 1.54) is 12.8 Å². The van der Waals surface area contributed by atoms with Gasteiger partial charge in [-0.1, -0.05) is 12.1 Å². The Morgan fingerprint density at radius 1 is 1.30 bits per heavy atom. The van der Waals surface area contributed by atoms with Crippen LogP contribution in [0.1, 0.15) is 37.7 Å². The summed E-state index contributed by atoms with van der Waals surface area (Å²) in [5, 5.41) is 6.50. The lowest BCUT2D eigenvalue weighted by Gasteiger charge is -2.23. The Morgan fingerprint density at radius 2 is 2.13 bits per heavy atom. The molecule has 1 amide bonds. The largest absolute Gasteiger partial charge is 0.376 e. The quantitative estimate of drug-likeness (QED) is 0.849. The van der Waals surface area contributed by atoms with Crippen molar-refractivity contribution in [3.8, 4) is 0 Å². The lowest BCUT2D eigenvalue weighted by atomic mass is 9.92. The molecule has 0 aromatic heterocycles. The highest BCUT2D eigenvalue weighted by Gasteiger charge is 2.57. The number of piperidine rings is 1. The molecule has 4 heteroatoms. The number of benzene rings is 1. The molecule has 3 fully saturated rings. The van der Waals surface area contributed by atoms with Crippen molar-refractivity contribution in [3.63, 3.8) is 0 Å². The van der Waals surface area contributed by atoms with Crippen LogP contribution in [0, 0.1) is 17.3 Å². The van der Waals surface area contributed by atoms with Gasteiger partial charge in [0.2, 0.25) is 5.91 Å². The van der Waals surface area contributed by atoms with Gasteiger partial charge in [-0.15, -0.1) is 0 Å². The maximum Gasteiger partial charge on any atom is 0.228 e. The molecule has 0 bridgehead atoms. The minimum atomic E-state index is 0.197. The van der Waals surface area contributed by atoms with Crippen LogP contribution < -0.4 is 10.6 Å². The smallest absolute Gasteiger partial charge is 0.228 e. The molecule has 2 saturated carbocycles. The molecule has 1 aromatic rings. The van der Waals surface area contributed by atoms with Crippen molar-refractivity contribution >= 4 is 11.6 Å². The zero-order valence-electron chi connectivity index (χ0n) is 13.6. The summed E-state index contributed by atoms with van der Waals surface area (Å²) in [5.74, 6) is 1.19. The van der Waals surface area contributed by atoms with E-state index in [2.05, 4.69) is 16.7 Å². The molecular formula is C19H26N2O2. The van der Waals surface area contributed by atoms with Crippen molar-refractivity contribution in [3.05, 3.63) is 29.8 Å². The van der Waals surface area contributed by atoms with Gasteiger partial charge in [0.05, 0.1) is 6.61 Å². The molecule has 2 N–H and O–H groups in total. The minimum absolute atomic E-state index is 0.197. The third-order valence-corrected chi connectivity index (χ3v) is 5.62. The number of nitrogens with one attached hydrogen (secondary N) is 2. The van der Waals surface area contributed by atoms with Gasteiger partial charge in [0.25, 0.3) is 0 Å². The molecule has 4 nitrogen and oxygen atoms in total. The van der Waals surface area contributed by atoms with Crippen molar-refractivity contribution in [1.29, 1.82) is 0 Å². The number of ether oxygens (including phenoxy) is 1. The van der Waals surface area contributed by atoms with E-state index in [1.807, 2.05) is 18.2 Å². The third kappa shape index (κ3) is 3.59. The molecule has 3 aliphatic rings. The fourth-order valence-corrected chi connectivity index (χ4v) is 3.79. The number of carbonyl (C=O) groups is 1. The average molecular weight is 314 g/mol. The Hall–Kier alpha value is -1.39. The van der Waals surface area contributed by atoms with Gasteiger partial charge in [-0.2, -0.15) is 0 Å². The number of hydrogen-bond acceptors (Lipinski definition) is 3. The Balaban J connectivity index is 1.30. The fraction of sp³-hybridized carbons (Fsp3) is 0.632. The monoisotopic (exact) mass is 314 g/mol. The first kappa shape index (κ1) is 15.2. The van der Waals surface area contributed by atoms with E-state index in [9.17, 15) is 4.79 Å². The molecule has 1 unspecified atom stereocenters. The van der Waals surface area contributed by atoms with Crippen molar-refractivity contribution in [2.45, 2.75) is 38.7 Å². The first-order chi connectivity index (χ1) is 11.3. The molecule has 4 rings (SSSR count). The summed E-state index contributed by atoms with van der Waals surface area (Å²) in [6, 6.07) is 8.08. The van der Waals surface area contributed by atoms with Crippen molar-refractivity contribution < 1.29 is 9.53 Å². The molecule has 0 radical (unpaired) electrons. The Morgan fingerprint density at radius 3 is 2.91 bits per heavy atom. The predicted molar refractivity (Wildman–Crippen MR) is 90.1 cm³/mol. The summed E-state index contributed by atoms with van der Waals surface area (Å²) in [6.45, 7) is 3.61. The first-order valence-corrected chi connectivity index (χ1v) is 8.93. The summed E-state index contributed by atoms with van der Waals surface area (Å²) < 4.78 is 5.73. The number of anilines is 1. The predicted octanol–water partition coefficient (Wildman–Crippen LogP) is 2.94. The molecule has 23 heavy (non-hydrogen) atoms. The van der Waals surface area contributed by atoms with Crippen LogP contribution in [0.15, 0.2) is 24.3 Å². The van der Waals surface area contributed by atoms with Crippen LogP contribution in [0.4, 0.5) is 5.69 Å². The maximum absolute atomic E-state index is 12.5. The lowest BCUT2D eigenvalue weighted by Crippen LogP contribution is -2.31. The van der Waals surface area contributed by atoms with E-state index in [0.717, 1.165) is 56.1 Å². The normalized spacial score (nSPS) is 25.3. The van der Waals surface area contributed by atoms with Crippen LogP contribution in [0.2, 0.25) is 0 Å². The summed E-state index contributed by atoms with van der Waals surface area (Å²) in [4.78, 5) is 12.5. The summed E-state index contributed by atoms with van der Waals surface area (Å²) in [5.41, 5.74) is 2.33. The van der Waals surface area contributed by atoms with Crippen LogP contribution >= 0.6 is 0 Å². The van der Waals surface area contributed by atoms with Gasteiger partial charge < -0.3 is 15.4 Å². The molecule has 1 aromatic carbocycles. The van der Waals surface area contributed by atoms with Gasteiger partial charge in [-0.25, -0.2) is 0 Å². The molecule has 1 atom stereocenters. The van der Waals surface area contributed by atoms with Gasteiger partial charge in [0, 0.05) is 18.2 Å². The zero-order chi connectivity index (χ0) is 15.7. The van der Waals surface area contributed by atoms with Gasteiger partial charge in [0.15, 0.2) is 0 Å². The van der Waals surface area contributed by atoms with Crippen LogP contribution in [0.5, 0.6) is 0 Å². The highest BCUT2D eigenvalue weighted by Crippen LogP contribution is 2.58. The highest BCUT2D eigenvalue weighted by atomic mass is 16.5. The standard InChI is InChI=1S/C19H26N2O2/c22-18(17-11-19(17)6-8-20-9-7-19)21-16-3-1-2-15(10-16)13-23-12-14-4-5-14/h1-3,10,14,17,20H,4-9,11-13H2,(H,21,22). The van der Waals surface area contributed by atoms with Crippen LogP contribution in [0.3, 0.4) is 0 Å². The van der Waals surface area contributed by atoms with Gasteiger partial charge in [-0.3, -0.25) is 4.79 Å². The second kappa shape index (κ2) is 6.25. The van der Waals surface area contributed by atoms with E-state index in [4.69, 9.17) is 4.74 Å². The zero-order valence-corrected chi connectivity index (χ0v) is 13.6. The topological polar surface area (TPSA) is 50.4 Å². The molecule has 1 saturated heterocycles. The van der Waals surface area contributed by atoms with Crippen LogP contribution in [0.25, 0.3) is 0 Å². The molecular weight excluding hydrogens is 288 g/mol. The molecule has 1 spiro atoms. The number of rotatable bonds is 6. The number of hydrogen-bond donors (Lipinski definition) is 2. The van der Waals surface area contributed by atoms with E-state index in [1.54, 1.807) is 0 Å². The Bertz CT molecular complexity index is 576. The molecule has 1 aliphatic heterocycles. The van der Waals surface area contributed by atoms with E-state index >= 15 is 0 Å². The lowest BCUT2D eigenvalue weighted by molar-refractivity contribution is -0.118. The highest BCUT2D eigenvalue weighted by molar-refractivity contribution is 5.95. The second-order valence-corrected chi connectivity index (χ2v) is 7.52. The van der Waals surface area contributed by atoms with Gasteiger partial charge in [0.1, 0.15) is 0 Å². The summed E-state index contributed by atoms with van der Waals surface area (Å²) >= 11 is 0. The van der Waals surface area contributed by atoms with Crippen LogP contribution in [-0.2, 0) is 16.1 Å². The Kier molecular flexibility index (Phi) is 4.12. The summed E-state index contributed by atoms with van der Waals surface area (Å²) in [7, 11) is 0. The maximum atomic E-state index is 12.5. The number of amides is 1. The average Bonchev–Trinajstić information content (AvgIpc) is 3.47. The van der Waals surface area contributed by atoms with E-state index in [0.29, 0.717) is 12.0 Å². The van der Waals surface area contributed by atoms with Crippen molar-refractivity contribution in [2.24, 2.45) is 17.3 Å². The number of carbonyl (C=O) groups excluding carboxylic acids is 1. The summed E-state index contributed by atoms with van der Waals surface area (Å²) in [6.07, 6.45) is 5.97. The fourth-order valence-electron chi connectivity index (χ4n) is 3.79. The van der Waals surface area contributed by atoms with E-state index in [-0.39, 0.29) is 11.8 Å². The van der Waals surface area contributed by atoms with Gasteiger partial charge in [-0.05, 0) is 74.2 Å². The molecule has 1 heterocycles. The van der Waals surface area contributed by atoms with Crippen molar-refractivity contribution in [1.82, 2.24) is 5.32 Å². The SMILES string of the molecule is O=C(Nc1cccc(COCC2CC2)c1)C1CC12CCNCC2. The van der Waals surface area contributed by atoms with Crippen molar-refractivity contribution in [2.75, 3.05) is 25.0 Å². The van der Waals surface area contributed by atoms with E-state index < -0.39 is 0 Å². The van der Waals surface area contributed by atoms with Gasteiger partial charge >= 0.3 is 0 Å². The van der Waals surface area contributed by atoms with Crippen LogP contribution in [-0.4, -0.2) is 25.6 Å².